The summed E-state index contributed by atoms with van der Waals surface area (Å²) < 4.78 is 0. The van der Waals surface area contributed by atoms with E-state index >= 15 is 0 Å². The number of hydrogen-bond donors (Lipinski definition) is 0. The van der Waals surface area contributed by atoms with Gasteiger partial charge < -0.3 is 0 Å². The average molecular weight is 191 g/mol. The number of rotatable bonds is 5. The third-order valence-corrected chi connectivity index (χ3v) is 2.48. The first-order valence-corrected chi connectivity index (χ1v) is 5.54. The Morgan fingerprint density at radius 2 is 2.00 bits per heavy atom. The van der Waals surface area contributed by atoms with Crippen molar-refractivity contribution in [3.8, 4) is 0 Å². The first-order chi connectivity index (χ1) is 6.76. The molecule has 1 aromatic carbocycles. The van der Waals surface area contributed by atoms with Crippen LogP contribution in [0.1, 0.15) is 31.4 Å². The number of hydrogen-bond acceptors (Lipinski definition) is 1. The Balaban J connectivity index is 2.57. The lowest BCUT2D eigenvalue weighted by Gasteiger charge is -2.19. The maximum Gasteiger partial charge on any atom is 0.0233 e. The fraction of sp³-hybridized carbons (Fsp3) is 0.538. The Hall–Kier alpha value is -0.820. The quantitative estimate of drug-likeness (QED) is 0.690. The van der Waals surface area contributed by atoms with Crippen molar-refractivity contribution in [2.45, 2.75) is 33.7 Å². The zero-order valence-corrected chi connectivity index (χ0v) is 9.59. The predicted octanol–water partition coefficient (Wildman–Crippen LogP) is 3.23. The van der Waals surface area contributed by atoms with Gasteiger partial charge in [-0.15, -0.1) is 0 Å². The molecule has 1 aromatic rings. The number of aryl methyl sites for hydroxylation is 1. The molecule has 0 radical (unpaired) electrons. The van der Waals surface area contributed by atoms with E-state index in [0.717, 1.165) is 13.1 Å². The highest BCUT2D eigenvalue weighted by Crippen LogP contribution is 2.07. The van der Waals surface area contributed by atoms with Crippen LogP contribution in [0.3, 0.4) is 0 Å². The lowest BCUT2D eigenvalue weighted by molar-refractivity contribution is 0.280. The smallest absolute Gasteiger partial charge is 0.0233 e. The zero-order valence-electron chi connectivity index (χ0n) is 9.59. The van der Waals surface area contributed by atoms with E-state index in [1.807, 2.05) is 0 Å². The molecular weight excluding hydrogens is 170 g/mol. The van der Waals surface area contributed by atoms with Crippen LogP contribution in [-0.4, -0.2) is 18.0 Å². The molecular formula is C13H21N. The maximum absolute atomic E-state index is 2.48. The Labute approximate surface area is 87.7 Å². The summed E-state index contributed by atoms with van der Waals surface area (Å²) in [6.45, 7) is 10.0. The summed E-state index contributed by atoms with van der Waals surface area (Å²) in [6, 6.07) is 8.79. The van der Waals surface area contributed by atoms with Crippen LogP contribution in [0.15, 0.2) is 24.3 Å². The van der Waals surface area contributed by atoms with Crippen LogP contribution >= 0.6 is 0 Å². The highest BCUT2D eigenvalue weighted by molar-refractivity contribution is 5.21. The minimum Gasteiger partial charge on any atom is -0.299 e. The number of benzene rings is 1. The molecule has 0 N–H and O–H groups in total. The van der Waals surface area contributed by atoms with Crippen LogP contribution in [-0.2, 0) is 6.54 Å². The molecule has 0 amide bonds. The van der Waals surface area contributed by atoms with Gasteiger partial charge in [-0.2, -0.15) is 0 Å². The molecule has 78 valence electrons. The van der Waals surface area contributed by atoms with Crippen molar-refractivity contribution in [1.82, 2.24) is 4.90 Å². The third kappa shape index (κ3) is 3.51. The Morgan fingerprint density at radius 1 is 1.21 bits per heavy atom. The van der Waals surface area contributed by atoms with Crippen molar-refractivity contribution in [3.05, 3.63) is 35.4 Å². The van der Waals surface area contributed by atoms with E-state index in [1.54, 1.807) is 0 Å². The van der Waals surface area contributed by atoms with E-state index < -0.39 is 0 Å². The molecule has 0 aliphatic heterocycles. The van der Waals surface area contributed by atoms with E-state index in [4.69, 9.17) is 0 Å². The second-order valence-corrected chi connectivity index (χ2v) is 3.86. The van der Waals surface area contributed by atoms with Crippen LogP contribution in [0.5, 0.6) is 0 Å². The summed E-state index contributed by atoms with van der Waals surface area (Å²) in [5, 5.41) is 0. The standard InChI is InChI=1S/C13H21N/c1-4-9-14(5-2)11-13-8-6-7-12(3)10-13/h6-8,10H,4-5,9,11H2,1-3H3. The van der Waals surface area contributed by atoms with Crippen molar-refractivity contribution in [2.24, 2.45) is 0 Å². The van der Waals surface area contributed by atoms with E-state index in [9.17, 15) is 0 Å². The van der Waals surface area contributed by atoms with Gasteiger partial charge in [0.2, 0.25) is 0 Å². The van der Waals surface area contributed by atoms with Gasteiger partial charge in [-0.05, 0) is 32.0 Å². The minimum atomic E-state index is 1.09. The fourth-order valence-corrected chi connectivity index (χ4v) is 1.73. The molecule has 1 rings (SSSR count). The second kappa shape index (κ2) is 5.82. The summed E-state index contributed by atoms with van der Waals surface area (Å²) in [6.07, 6.45) is 1.24. The molecule has 0 unspecified atom stereocenters. The lowest BCUT2D eigenvalue weighted by Crippen LogP contribution is -2.23. The molecule has 14 heavy (non-hydrogen) atoms. The summed E-state index contributed by atoms with van der Waals surface area (Å²) >= 11 is 0. The van der Waals surface area contributed by atoms with Gasteiger partial charge in [-0.3, -0.25) is 4.90 Å². The molecule has 0 spiro atoms. The fourth-order valence-electron chi connectivity index (χ4n) is 1.73. The summed E-state index contributed by atoms with van der Waals surface area (Å²) in [5.41, 5.74) is 2.79. The molecule has 1 heteroatoms. The monoisotopic (exact) mass is 191 g/mol. The molecule has 0 heterocycles. The molecule has 0 bridgehead atoms. The Morgan fingerprint density at radius 3 is 2.57 bits per heavy atom. The molecule has 0 saturated carbocycles. The average Bonchev–Trinajstić information content (AvgIpc) is 2.17. The van der Waals surface area contributed by atoms with E-state index in [-0.39, 0.29) is 0 Å². The first-order valence-electron chi connectivity index (χ1n) is 5.54. The van der Waals surface area contributed by atoms with Gasteiger partial charge in [0.1, 0.15) is 0 Å². The van der Waals surface area contributed by atoms with Crippen LogP contribution in [0.4, 0.5) is 0 Å². The van der Waals surface area contributed by atoms with Gasteiger partial charge in [-0.25, -0.2) is 0 Å². The van der Waals surface area contributed by atoms with Crippen molar-refractivity contribution < 1.29 is 0 Å². The Bertz CT molecular complexity index is 268. The van der Waals surface area contributed by atoms with Gasteiger partial charge in [-0.1, -0.05) is 43.7 Å². The van der Waals surface area contributed by atoms with Gasteiger partial charge in [0.05, 0.1) is 0 Å². The zero-order chi connectivity index (χ0) is 10.4. The molecule has 0 atom stereocenters. The van der Waals surface area contributed by atoms with Crippen molar-refractivity contribution >= 4 is 0 Å². The lowest BCUT2D eigenvalue weighted by atomic mass is 10.1. The maximum atomic E-state index is 2.48. The molecule has 0 aliphatic rings. The number of nitrogens with zero attached hydrogens (tertiary/aromatic N) is 1. The van der Waals surface area contributed by atoms with E-state index in [2.05, 4.69) is 49.9 Å². The summed E-state index contributed by atoms with van der Waals surface area (Å²) in [4.78, 5) is 2.48. The molecule has 0 aliphatic carbocycles. The molecule has 0 fully saturated rings. The van der Waals surface area contributed by atoms with Crippen molar-refractivity contribution in [2.75, 3.05) is 13.1 Å². The molecule has 0 saturated heterocycles. The minimum absolute atomic E-state index is 1.09. The SMILES string of the molecule is CCCN(CC)Cc1cccc(C)c1. The predicted molar refractivity (Wildman–Crippen MR) is 62.4 cm³/mol. The van der Waals surface area contributed by atoms with Gasteiger partial charge >= 0.3 is 0 Å². The van der Waals surface area contributed by atoms with Gasteiger partial charge in [0.15, 0.2) is 0 Å². The Kier molecular flexibility index (Phi) is 4.68. The van der Waals surface area contributed by atoms with E-state index in [1.165, 1.54) is 24.1 Å². The van der Waals surface area contributed by atoms with Gasteiger partial charge in [0, 0.05) is 6.54 Å². The highest BCUT2D eigenvalue weighted by atomic mass is 15.1. The largest absolute Gasteiger partial charge is 0.299 e. The van der Waals surface area contributed by atoms with Crippen LogP contribution in [0.2, 0.25) is 0 Å². The molecule has 1 nitrogen and oxygen atoms in total. The summed E-state index contributed by atoms with van der Waals surface area (Å²) in [5.74, 6) is 0. The van der Waals surface area contributed by atoms with Crippen LogP contribution < -0.4 is 0 Å². The molecule has 0 aromatic heterocycles. The first kappa shape index (κ1) is 11.3. The topological polar surface area (TPSA) is 3.24 Å². The van der Waals surface area contributed by atoms with E-state index in [0.29, 0.717) is 0 Å². The van der Waals surface area contributed by atoms with Crippen LogP contribution in [0, 0.1) is 6.92 Å². The highest BCUT2D eigenvalue weighted by Gasteiger charge is 2.01. The normalized spacial score (nSPS) is 10.9. The second-order valence-electron chi connectivity index (χ2n) is 3.86. The van der Waals surface area contributed by atoms with Crippen molar-refractivity contribution in [3.63, 3.8) is 0 Å². The van der Waals surface area contributed by atoms with Crippen LogP contribution in [0.25, 0.3) is 0 Å². The summed E-state index contributed by atoms with van der Waals surface area (Å²) in [7, 11) is 0. The van der Waals surface area contributed by atoms with Gasteiger partial charge in [0.25, 0.3) is 0 Å². The van der Waals surface area contributed by atoms with Crippen molar-refractivity contribution in [1.29, 1.82) is 0 Å². The third-order valence-electron chi connectivity index (χ3n) is 2.48.